The van der Waals surface area contributed by atoms with Crippen molar-refractivity contribution in [2.75, 3.05) is 4.72 Å². The van der Waals surface area contributed by atoms with E-state index in [0.29, 0.717) is 5.69 Å². The van der Waals surface area contributed by atoms with Gasteiger partial charge in [-0.15, -0.1) is 0 Å². The molecule has 2 rings (SSSR count). The molecule has 19 heavy (non-hydrogen) atoms. The third kappa shape index (κ3) is 3.23. The largest absolute Gasteiger partial charge is 0.280 e. The summed E-state index contributed by atoms with van der Waals surface area (Å²) in [5.74, 6) is 0. The van der Waals surface area contributed by atoms with Crippen LogP contribution in [0.15, 0.2) is 60.0 Å². The molecule has 0 atom stereocenters. The molecule has 98 valence electrons. The molecule has 4 heteroatoms. The Morgan fingerprint density at radius 3 is 2.37 bits per heavy atom. The molecule has 0 saturated carbocycles. The highest BCUT2D eigenvalue weighted by Gasteiger charge is 2.13. The number of rotatable bonds is 4. The summed E-state index contributed by atoms with van der Waals surface area (Å²) in [7, 11) is -3.54. The first-order chi connectivity index (χ1) is 9.01. The number of hydrogen-bond donors (Lipinski definition) is 1. The van der Waals surface area contributed by atoms with Gasteiger partial charge >= 0.3 is 0 Å². The highest BCUT2D eigenvalue weighted by atomic mass is 32.2. The third-order valence-corrected chi connectivity index (χ3v) is 4.09. The standard InChI is InChI=1S/C15H15NO2S/c1-3-13-7-9-15(10-8-13)19(17,18)16-14-6-4-5-12(2)11-14/h3-11,16H,1H2,2H3. The van der Waals surface area contributed by atoms with Crippen LogP contribution in [0.1, 0.15) is 11.1 Å². The van der Waals surface area contributed by atoms with E-state index in [4.69, 9.17) is 0 Å². The maximum atomic E-state index is 12.2. The van der Waals surface area contributed by atoms with Crippen LogP contribution in [0.2, 0.25) is 0 Å². The highest BCUT2D eigenvalue weighted by Crippen LogP contribution is 2.17. The molecular formula is C15H15NO2S. The molecule has 2 aromatic carbocycles. The van der Waals surface area contributed by atoms with Gasteiger partial charge in [-0.05, 0) is 42.3 Å². The minimum atomic E-state index is -3.54. The van der Waals surface area contributed by atoms with Gasteiger partial charge in [0.2, 0.25) is 0 Å². The van der Waals surface area contributed by atoms with Crippen LogP contribution in [-0.4, -0.2) is 8.42 Å². The Hall–Kier alpha value is -2.07. The van der Waals surface area contributed by atoms with Gasteiger partial charge in [-0.3, -0.25) is 4.72 Å². The van der Waals surface area contributed by atoms with Crippen LogP contribution in [0.25, 0.3) is 6.08 Å². The Balaban J connectivity index is 2.29. The normalized spacial score (nSPS) is 11.0. The maximum Gasteiger partial charge on any atom is 0.261 e. The molecule has 0 aliphatic carbocycles. The van der Waals surface area contributed by atoms with E-state index in [1.165, 1.54) is 0 Å². The fraction of sp³-hybridized carbons (Fsp3) is 0.0667. The lowest BCUT2D eigenvalue weighted by Crippen LogP contribution is -2.12. The minimum absolute atomic E-state index is 0.236. The molecule has 1 N–H and O–H groups in total. The zero-order chi connectivity index (χ0) is 13.9. The second-order valence-corrected chi connectivity index (χ2v) is 5.93. The number of anilines is 1. The van der Waals surface area contributed by atoms with Gasteiger partial charge in [-0.1, -0.05) is 36.9 Å². The summed E-state index contributed by atoms with van der Waals surface area (Å²) in [6.07, 6.45) is 1.67. The van der Waals surface area contributed by atoms with Gasteiger partial charge in [-0.25, -0.2) is 8.42 Å². The van der Waals surface area contributed by atoms with Crippen molar-refractivity contribution in [1.82, 2.24) is 0 Å². The van der Waals surface area contributed by atoms with E-state index in [2.05, 4.69) is 11.3 Å². The number of nitrogens with one attached hydrogen (secondary N) is 1. The lowest BCUT2D eigenvalue weighted by molar-refractivity contribution is 0.601. The Kier molecular flexibility index (Phi) is 3.71. The molecule has 0 saturated heterocycles. The first kappa shape index (κ1) is 13.4. The SMILES string of the molecule is C=Cc1ccc(S(=O)(=O)Nc2cccc(C)c2)cc1. The number of benzene rings is 2. The molecule has 0 bridgehead atoms. The average Bonchev–Trinajstić information content (AvgIpc) is 2.38. The Morgan fingerprint density at radius 1 is 1.11 bits per heavy atom. The first-order valence-corrected chi connectivity index (χ1v) is 7.31. The summed E-state index contributed by atoms with van der Waals surface area (Å²) < 4.78 is 26.9. The monoisotopic (exact) mass is 273 g/mol. The second kappa shape index (κ2) is 5.28. The Bertz CT molecular complexity index is 688. The van der Waals surface area contributed by atoms with Crippen LogP contribution in [-0.2, 0) is 10.0 Å². The van der Waals surface area contributed by atoms with Gasteiger partial charge in [0.1, 0.15) is 0 Å². The van der Waals surface area contributed by atoms with E-state index in [1.807, 2.05) is 19.1 Å². The van der Waals surface area contributed by atoms with Crippen molar-refractivity contribution in [3.05, 3.63) is 66.2 Å². The van der Waals surface area contributed by atoms with Crippen molar-refractivity contribution in [3.63, 3.8) is 0 Å². The van der Waals surface area contributed by atoms with Gasteiger partial charge in [0.05, 0.1) is 4.90 Å². The molecule has 0 heterocycles. The smallest absolute Gasteiger partial charge is 0.261 e. The second-order valence-electron chi connectivity index (χ2n) is 4.25. The van der Waals surface area contributed by atoms with Gasteiger partial charge in [0.15, 0.2) is 0 Å². The zero-order valence-corrected chi connectivity index (χ0v) is 11.4. The van der Waals surface area contributed by atoms with Crippen molar-refractivity contribution in [1.29, 1.82) is 0 Å². The molecular weight excluding hydrogens is 258 g/mol. The lowest BCUT2D eigenvalue weighted by atomic mass is 10.2. The zero-order valence-electron chi connectivity index (χ0n) is 10.6. The van der Waals surface area contributed by atoms with Crippen molar-refractivity contribution < 1.29 is 8.42 Å². The van der Waals surface area contributed by atoms with E-state index in [1.54, 1.807) is 42.5 Å². The minimum Gasteiger partial charge on any atom is -0.280 e. The van der Waals surface area contributed by atoms with Crippen molar-refractivity contribution >= 4 is 21.8 Å². The molecule has 3 nitrogen and oxygen atoms in total. The van der Waals surface area contributed by atoms with Gasteiger partial charge in [-0.2, -0.15) is 0 Å². The first-order valence-electron chi connectivity index (χ1n) is 5.83. The molecule has 0 aliphatic rings. The Morgan fingerprint density at radius 2 is 1.79 bits per heavy atom. The van der Waals surface area contributed by atoms with Crippen molar-refractivity contribution in [2.24, 2.45) is 0 Å². The van der Waals surface area contributed by atoms with Crippen LogP contribution in [0, 0.1) is 6.92 Å². The molecule has 0 unspecified atom stereocenters. The van der Waals surface area contributed by atoms with E-state index < -0.39 is 10.0 Å². The summed E-state index contributed by atoms with van der Waals surface area (Å²) in [5, 5.41) is 0. The molecule has 0 aliphatic heterocycles. The summed E-state index contributed by atoms with van der Waals surface area (Å²) in [6, 6.07) is 13.8. The summed E-state index contributed by atoms with van der Waals surface area (Å²) in [5.41, 5.74) is 2.45. The summed E-state index contributed by atoms with van der Waals surface area (Å²) in [4.78, 5) is 0.236. The predicted molar refractivity (Wildman–Crippen MR) is 78.5 cm³/mol. The fourth-order valence-corrected chi connectivity index (χ4v) is 2.76. The van der Waals surface area contributed by atoms with Crippen molar-refractivity contribution in [2.45, 2.75) is 11.8 Å². The number of aryl methyl sites for hydroxylation is 1. The summed E-state index contributed by atoms with van der Waals surface area (Å²) in [6.45, 7) is 5.55. The van der Waals surface area contributed by atoms with E-state index in [0.717, 1.165) is 11.1 Å². The van der Waals surface area contributed by atoms with Crippen molar-refractivity contribution in [3.8, 4) is 0 Å². The lowest BCUT2D eigenvalue weighted by Gasteiger charge is -2.08. The van der Waals surface area contributed by atoms with E-state index >= 15 is 0 Å². The van der Waals surface area contributed by atoms with Crippen LogP contribution in [0.3, 0.4) is 0 Å². The topological polar surface area (TPSA) is 46.2 Å². The highest BCUT2D eigenvalue weighted by molar-refractivity contribution is 7.92. The van der Waals surface area contributed by atoms with Crippen LogP contribution >= 0.6 is 0 Å². The number of hydrogen-bond acceptors (Lipinski definition) is 2. The Labute approximate surface area is 113 Å². The molecule has 0 aromatic heterocycles. The maximum absolute atomic E-state index is 12.2. The van der Waals surface area contributed by atoms with Gasteiger partial charge in [0.25, 0.3) is 10.0 Å². The van der Waals surface area contributed by atoms with Gasteiger partial charge in [0, 0.05) is 5.69 Å². The van der Waals surface area contributed by atoms with Crippen LogP contribution in [0.5, 0.6) is 0 Å². The molecule has 0 fully saturated rings. The van der Waals surface area contributed by atoms with Crippen LogP contribution < -0.4 is 4.72 Å². The fourth-order valence-electron chi connectivity index (χ4n) is 1.71. The van der Waals surface area contributed by atoms with Crippen LogP contribution in [0.4, 0.5) is 5.69 Å². The third-order valence-electron chi connectivity index (χ3n) is 2.70. The van der Waals surface area contributed by atoms with Gasteiger partial charge < -0.3 is 0 Å². The number of sulfonamides is 1. The molecule has 2 aromatic rings. The predicted octanol–water partition coefficient (Wildman–Crippen LogP) is 3.44. The molecule has 0 amide bonds. The molecule has 0 radical (unpaired) electrons. The molecule has 0 spiro atoms. The van der Waals surface area contributed by atoms with E-state index in [-0.39, 0.29) is 4.90 Å². The van der Waals surface area contributed by atoms with E-state index in [9.17, 15) is 8.42 Å². The average molecular weight is 273 g/mol. The summed E-state index contributed by atoms with van der Waals surface area (Å²) >= 11 is 0. The quantitative estimate of drug-likeness (QED) is 0.927.